The fraction of sp³-hybridized carbons (Fsp3) is 0.500. The van der Waals surface area contributed by atoms with E-state index in [1.807, 2.05) is 0 Å². The molecular weight excluding hydrogens is 322 g/mol. The summed E-state index contributed by atoms with van der Waals surface area (Å²) in [6.45, 7) is 4.26. The van der Waals surface area contributed by atoms with Gasteiger partial charge in [0.1, 0.15) is 0 Å². The number of unbranched alkanes of at least 4 members (excludes halogenated alkanes) is 1. The molecule has 1 aromatic carbocycles. The lowest BCUT2D eigenvalue weighted by molar-refractivity contribution is -0.121. The first-order valence-electron chi connectivity index (χ1n) is 8.69. The number of hydrogen-bond acceptors (Lipinski definition) is 4. The highest BCUT2D eigenvalue weighted by molar-refractivity contribution is 5.78. The van der Waals surface area contributed by atoms with Gasteiger partial charge in [-0.05, 0) is 25.0 Å². The van der Waals surface area contributed by atoms with Crippen molar-refractivity contribution in [3.05, 3.63) is 45.1 Å². The highest BCUT2D eigenvalue weighted by atomic mass is 16.5. The quantitative estimate of drug-likeness (QED) is 0.636. The number of rotatable bonds is 10. The second-order valence-electron chi connectivity index (χ2n) is 5.85. The lowest BCUT2D eigenvalue weighted by atomic mass is 10.2. The molecule has 0 atom stereocenters. The maximum Gasteiger partial charge on any atom is 0.328 e. The van der Waals surface area contributed by atoms with Crippen molar-refractivity contribution in [2.75, 3.05) is 19.8 Å². The van der Waals surface area contributed by atoms with E-state index in [4.69, 9.17) is 4.74 Å². The minimum atomic E-state index is -0.499. The Hall–Kier alpha value is -2.41. The molecule has 0 radical (unpaired) electrons. The highest BCUT2D eigenvalue weighted by Crippen LogP contribution is 2.07. The minimum absolute atomic E-state index is 0.129. The number of ether oxygens (including phenoxy) is 1. The molecule has 2 rings (SSSR count). The van der Waals surface area contributed by atoms with Gasteiger partial charge in [-0.15, -0.1) is 0 Å². The maximum atomic E-state index is 12.0. The molecule has 0 saturated heterocycles. The molecule has 2 aromatic rings. The van der Waals surface area contributed by atoms with Crippen LogP contribution in [0.5, 0.6) is 0 Å². The molecule has 2 N–H and O–H groups in total. The molecule has 25 heavy (non-hydrogen) atoms. The molecule has 0 saturated carbocycles. The lowest BCUT2D eigenvalue weighted by Gasteiger charge is -2.10. The number of amides is 1. The predicted octanol–water partition coefficient (Wildman–Crippen LogP) is 1.40. The highest BCUT2D eigenvalue weighted by Gasteiger charge is 2.08. The SMILES string of the molecule is CCCCOCCCNC(=O)CCn1c(=O)[nH]c(=O)c2ccccc21. The Morgan fingerprint density at radius 2 is 1.96 bits per heavy atom. The first-order chi connectivity index (χ1) is 12.1. The molecule has 136 valence electrons. The molecule has 0 aliphatic rings. The van der Waals surface area contributed by atoms with Crippen molar-refractivity contribution in [1.29, 1.82) is 0 Å². The third-order valence-corrected chi connectivity index (χ3v) is 3.90. The molecule has 0 aliphatic carbocycles. The number of fused-ring (bicyclic) bond motifs is 1. The Balaban J connectivity index is 1.83. The Labute approximate surface area is 146 Å². The average molecular weight is 347 g/mol. The molecule has 0 fully saturated rings. The largest absolute Gasteiger partial charge is 0.381 e. The molecule has 1 amide bonds. The van der Waals surface area contributed by atoms with Crippen LogP contribution in [0.1, 0.15) is 32.6 Å². The smallest absolute Gasteiger partial charge is 0.328 e. The summed E-state index contributed by atoms with van der Waals surface area (Å²) in [7, 11) is 0. The third-order valence-electron chi connectivity index (χ3n) is 3.90. The summed E-state index contributed by atoms with van der Waals surface area (Å²) in [6, 6.07) is 6.86. The Bertz CT molecular complexity index is 810. The number of carbonyl (C=O) groups excluding carboxylic acids is 1. The van der Waals surface area contributed by atoms with E-state index in [9.17, 15) is 14.4 Å². The minimum Gasteiger partial charge on any atom is -0.381 e. The Morgan fingerprint density at radius 1 is 1.20 bits per heavy atom. The van der Waals surface area contributed by atoms with Gasteiger partial charge in [0.05, 0.1) is 10.9 Å². The van der Waals surface area contributed by atoms with E-state index in [1.165, 1.54) is 4.57 Å². The number of aryl methyl sites for hydroxylation is 1. The van der Waals surface area contributed by atoms with Gasteiger partial charge in [0.15, 0.2) is 0 Å². The van der Waals surface area contributed by atoms with Gasteiger partial charge in [-0.2, -0.15) is 0 Å². The predicted molar refractivity (Wildman–Crippen MR) is 96.8 cm³/mol. The normalized spacial score (nSPS) is 10.9. The molecule has 7 heteroatoms. The van der Waals surface area contributed by atoms with Crippen LogP contribution in [0.2, 0.25) is 0 Å². The Kier molecular flexibility index (Phi) is 7.40. The second kappa shape index (κ2) is 9.78. The topological polar surface area (TPSA) is 93.2 Å². The van der Waals surface area contributed by atoms with Crippen LogP contribution in [0.4, 0.5) is 0 Å². The summed E-state index contributed by atoms with van der Waals surface area (Å²) in [5.41, 5.74) is -0.376. The lowest BCUT2D eigenvalue weighted by Crippen LogP contribution is -2.32. The Morgan fingerprint density at radius 3 is 2.76 bits per heavy atom. The molecular formula is C18H25N3O4. The molecule has 1 aromatic heterocycles. The van der Waals surface area contributed by atoms with Gasteiger partial charge >= 0.3 is 5.69 Å². The summed E-state index contributed by atoms with van der Waals surface area (Å²) in [5, 5.41) is 3.25. The van der Waals surface area contributed by atoms with Crippen molar-refractivity contribution in [1.82, 2.24) is 14.9 Å². The van der Waals surface area contributed by atoms with Gasteiger partial charge in [0.2, 0.25) is 5.91 Å². The number of para-hydroxylation sites is 1. The molecule has 7 nitrogen and oxygen atoms in total. The molecule has 0 bridgehead atoms. The molecule has 1 heterocycles. The maximum absolute atomic E-state index is 12.0. The van der Waals surface area contributed by atoms with E-state index in [0.29, 0.717) is 24.1 Å². The standard InChI is InChI=1S/C18H25N3O4/c1-2-3-12-25-13-6-10-19-16(22)9-11-21-15-8-5-4-7-14(15)17(23)20-18(21)24/h4-5,7-8H,2-3,6,9-13H2,1H3,(H,19,22)(H,20,23,24). The first-order valence-corrected chi connectivity index (χ1v) is 8.69. The van der Waals surface area contributed by atoms with Gasteiger partial charge in [-0.1, -0.05) is 25.5 Å². The van der Waals surface area contributed by atoms with Crippen LogP contribution < -0.4 is 16.6 Å². The first kappa shape index (κ1) is 18.9. The van der Waals surface area contributed by atoms with Crippen LogP contribution in [0.15, 0.2) is 33.9 Å². The fourth-order valence-electron chi connectivity index (χ4n) is 2.52. The van der Waals surface area contributed by atoms with Gasteiger partial charge < -0.3 is 10.1 Å². The monoisotopic (exact) mass is 347 g/mol. The molecule has 0 spiro atoms. The van der Waals surface area contributed by atoms with Crippen molar-refractivity contribution in [2.24, 2.45) is 0 Å². The number of aromatic nitrogens is 2. The number of nitrogens with one attached hydrogen (secondary N) is 2. The summed E-state index contributed by atoms with van der Waals surface area (Å²) in [5.74, 6) is -0.129. The van der Waals surface area contributed by atoms with Crippen molar-refractivity contribution in [2.45, 2.75) is 39.2 Å². The second-order valence-corrected chi connectivity index (χ2v) is 5.85. The molecule has 0 aliphatic heterocycles. The van der Waals surface area contributed by atoms with E-state index in [1.54, 1.807) is 24.3 Å². The number of H-pyrrole nitrogens is 1. The van der Waals surface area contributed by atoms with Crippen LogP contribution in [0, 0.1) is 0 Å². The number of benzene rings is 1. The van der Waals surface area contributed by atoms with Crippen LogP contribution in [0.25, 0.3) is 10.9 Å². The van der Waals surface area contributed by atoms with Gasteiger partial charge in [0, 0.05) is 32.7 Å². The number of carbonyl (C=O) groups is 1. The van der Waals surface area contributed by atoms with E-state index in [2.05, 4.69) is 17.2 Å². The zero-order valence-electron chi connectivity index (χ0n) is 14.5. The van der Waals surface area contributed by atoms with E-state index in [0.717, 1.165) is 25.9 Å². The average Bonchev–Trinajstić information content (AvgIpc) is 2.61. The van der Waals surface area contributed by atoms with Gasteiger partial charge in [0.25, 0.3) is 5.56 Å². The van der Waals surface area contributed by atoms with E-state index >= 15 is 0 Å². The number of aromatic amines is 1. The van der Waals surface area contributed by atoms with E-state index < -0.39 is 11.2 Å². The van der Waals surface area contributed by atoms with Crippen LogP contribution in [0.3, 0.4) is 0 Å². The van der Waals surface area contributed by atoms with Crippen LogP contribution >= 0.6 is 0 Å². The zero-order valence-corrected chi connectivity index (χ0v) is 14.5. The summed E-state index contributed by atoms with van der Waals surface area (Å²) >= 11 is 0. The summed E-state index contributed by atoms with van der Waals surface area (Å²) < 4.78 is 6.85. The fourth-order valence-corrected chi connectivity index (χ4v) is 2.52. The molecule has 0 unspecified atom stereocenters. The van der Waals surface area contributed by atoms with Crippen molar-refractivity contribution >= 4 is 16.8 Å². The van der Waals surface area contributed by atoms with E-state index in [-0.39, 0.29) is 18.9 Å². The van der Waals surface area contributed by atoms with Crippen LogP contribution in [-0.4, -0.2) is 35.2 Å². The number of nitrogens with zero attached hydrogens (tertiary/aromatic N) is 1. The van der Waals surface area contributed by atoms with Crippen molar-refractivity contribution in [3.8, 4) is 0 Å². The summed E-state index contributed by atoms with van der Waals surface area (Å²) in [4.78, 5) is 38.0. The summed E-state index contributed by atoms with van der Waals surface area (Å²) in [6.07, 6.45) is 3.09. The van der Waals surface area contributed by atoms with Gasteiger partial charge in [-0.25, -0.2) is 4.79 Å². The zero-order chi connectivity index (χ0) is 18.1. The van der Waals surface area contributed by atoms with Crippen molar-refractivity contribution < 1.29 is 9.53 Å². The van der Waals surface area contributed by atoms with Gasteiger partial charge in [-0.3, -0.25) is 19.1 Å². The van der Waals surface area contributed by atoms with Crippen molar-refractivity contribution in [3.63, 3.8) is 0 Å². The number of hydrogen-bond donors (Lipinski definition) is 2. The third kappa shape index (κ3) is 5.56. The van der Waals surface area contributed by atoms with Crippen LogP contribution in [-0.2, 0) is 16.1 Å².